The zero-order valence-corrected chi connectivity index (χ0v) is 26.0. The molecule has 1 N–H and O–H groups in total. The summed E-state index contributed by atoms with van der Waals surface area (Å²) in [5.74, 6) is 0.160. The van der Waals surface area contributed by atoms with Crippen molar-refractivity contribution in [2.75, 3.05) is 5.75 Å². The lowest BCUT2D eigenvalue weighted by atomic mass is 9.99. The van der Waals surface area contributed by atoms with E-state index in [0.717, 1.165) is 38.5 Å². The maximum absolute atomic E-state index is 12.9. The molecule has 3 atom stereocenters. The summed E-state index contributed by atoms with van der Waals surface area (Å²) in [7, 11) is 1.92. The number of aliphatic hydroxyl groups is 1. The van der Waals surface area contributed by atoms with Crippen molar-refractivity contribution in [3.05, 3.63) is 137 Å². The Balaban J connectivity index is 1.08. The van der Waals surface area contributed by atoms with Gasteiger partial charge in [-0.1, -0.05) is 90.6 Å². The number of ether oxygens (including phenoxy) is 2. The Bertz CT molecular complexity index is 1840. The van der Waals surface area contributed by atoms with Crippen molar-refractivity contribution in [1.82, 2.24) is 19.7 Å². The molecule has 232 valence electrons. The highest BCUT2D eigenvalue weighted by atomic mass is 32.2. The predicted octanol–water partition coefficient (Wildman–Crippen LogP) is 6.11. The number of aryl methyl sites for hydroxylation is 1. The summed E-state index contributed by atoms with van der Waals surface area (Å²) < 4.78 is 14.9. The summed E-state index contributed by atoms with van der Waals surface area (Å²) in [5, 5.41) is 18.5. The number of amides is 2. The molecule has 1 saturated heterocycles. The Kier molecular flexibility index (Phi) is 8.51. The van der Waals surface area contributed by atoms with Gasteiger partial charge in [0.1, 0.15) is 6.33 Å². The largest absolute Gasteiger partial charge is 0.392 e. The molecule has 1 fully saturated rings. The van der Waals surface area contributed by atoms with Gasteiger partial charge in [-0.05, 0) is 46.0 Å². The van der Waals surface area contributed by atoms with E-state index in [2.05, 4.69) is 10.2 Å². The van der Waals surface area contributed by atoms with Crippen molar-refractivity contribution in [3.8, 4) is 11.1 Å². The number of hydrogen-bond donors (Lipinski definition) is 1. The third-order valence-corrected chi connectivity index (χ3v) is 9.51. The van der Waals surface area contributed by atoms with Crippen molar-refractivity contribution in [2.24, 2.45) is 7.05 Å². The second-order valence-corrected chi connectivity index (χ2v) is 12.4. The van der Waals surface area contributed by atoms with Crippen LogP contribution in [0.4, 0.5) is 0 Å². The highest BCUT2D eigenvalue weighted by Gasteiger charge is 2.35. The van der Waals surface area contributed by atoms with Gasteiger partial charge >= 0.3 is 0 Å². The molecule has 46 heavy (non-hydrogen) atoms. The third kappa shape index (κ3) is 6.12. The Morgan fingerprint density at radius 3 is 2.22 bits per heavy atom. The summed E-state index contributed by atoms with van der Waals surface area (Å²) in [4.78, 5) is 27.1. The molecule has 2 aliphatic heterocycles. The fraction of sp³-hybridized carbons (Fsp3) is 0.222. The number of carbonyl (C=O) groups excluding carboxylic acids is 2. The first-order valence-electron chi connectivity index (χ1n) is 15.1. The van der Waals surface area contributed by atoms with E-state index in [-0.39, 0.29) is 37.2 Å². The first-order valence-corrected chi connectivity index (χ1v) is 16.1. The van der Waals surface area contributed by atoms with E-state index >= 15 is 0 Å². The number of benzene rings is 4. The van der Waals surface area contributed by atoms with Gasteiger partial charge in [-0.3, -0.25) is 14.5 Å². The topological polar surface area (TPSA) is 107 Å². The Morgan fingerprint density at radius 1 is 0.826 bits per heavy atom. The molecule has 0 spiro atoms. The Morgan fingerprint density at radius 2 is 1.54 bits per heavy atom. The van der Waals surface area contributed by atoms with Crippen LogP contribution in [0, 0.1) is 0 Å². The molecule has 0 bridgehead atoms. The van der Waals surface area contributed by atoms with Gasteiger partial charge in [-0.25, -0.2) is 0 Å². The van der Waals surface area contributed by atoms with Crippen LogP contribution in [0.25, 0.3) is 11.1 Å². The van der Waals surface area contributed by atoms with Gasteiger partial charge in [0.25, 0.3) is 11.8 Å². The van der Waals surface area contributed by atoms with Crippen LogP contribution in [0.1, 0.15) is 61.8 Å². The number of fused-ring (bicyclic) bond motifs is 1. The highest BCUT2D eigenvalue weighted by Crippen LogP contribution is 2.40. The molecule has 4 aromatic carbocycles. The summed E-state index contributed by atoms with van der Waals surface area (Å²) in [5.41, 5.74) is 6.52. The number of hydrogen-bond acceptors (Lipinski definition) is 8. The van der Waals surface area contributed by atoms with Gasteiger partial charge in [0.05, 0.1) is 36.5 Å². The Labute approximate surface area is 270 Å². The quantitative estimate of drug-likeness (QED) is 0.153. The maximum atomic E-state index is 12.9. The number of imide groups is 1. The van der Waals surface area contributed by atoms with Gasteiger partial charge < -0.3 is 19.1 Å². The van der Waals surface area contributed by atoms with Crippen molar-refractivity contribution in [3.63, 3.8) is 0 Å². The first kappa shape index (κ1) is 30.1. The van der Waals surface area contributed by atoms with Gasteiger partial charge in [-0.15, -0.1) is 10.2 Å². The van der Waals surface area contributed by atoms with Gasteiger partial charge in [-0.2, -0.15) is 0 Å². The maximum Gasteiger partial charge on any atom is 0.261 e. The molecule has 0 aliphatic carbocycles. The average molecular weight is 633 g/mol. The summed E-state index contributed by atoms with van der Waals surface area (Å²) in [6.45, 7) is 0.197. The summed E-state index contributed by atoms with van der Waals surface area (Å²) >= 11 is 1.60. The van der Waals surface area contributed by atoms with E-state index in [4.69, 9.17) is 9.47 Å². The first-order chi connectivity index (χ1) is 22.5. The molecule has 9 nitrogen and oxygen atoms in total. The fourth-order valence-corrected chi connectivity index (χ4v) is 6.75. The lowest BCUT2D eigenvalue weighted by Gasteiger charge is -2.36. The molecule has 5 aromatic rings. The van der Waals surface area contributed by atoms with Crippen molar-refractivity contribution < 1.29 is 24.2 Å². The van der Waals surface area contributed by atoms with Crippen LogP contribution in [-0.4, -0.2) is 48.4 Å². The molecule has 2 aliphatic rings. The Hall–Kier alpha value is -4.61. The zero-order valence-electron chi connectivity index (χ0n) is 25.2. The molecule has 0 saturated carbocycles. The number of rotatable bonds is 9. The molecule has 1 aromatic heterocycles. The molecule has 7 rings (SSSR count). The second kappa shape index (κ2) is 13.0. The van der Waals surface area contributed by atoms with E-state index in [1.54, 1.807) is 42.4 Å². The number of aliphatic hydroxyl groups excluding tert-OH is 1. The zero-order chi connectivity index (χ0) is 31.6. The normalized spacial score (nSPS) is 19.4. The van der Waals surface area contributed by atoms with Crippen LogP contribution < -0.4 is 0 Å². The van der Waals surface area contributed by atoms with E-state index in [0.29, 0.717) is 23.3 Å². The highest BCUT2D eigenvalue weighted by molar-refractivity contribution is 7.99. The van der Waals surface area contributed by atoms with Crippen LogP contribution >= 0.6 is 11.8 Å². The SMILES string of the molecule is Cn1cnnc1SCC1CC(c2ccc(CO)cc2)OC(c2ccc(-c3cccc(CN4C(=O)c5ccccc5C4=O)c3)cc2)O1. The van der Waals surface area contributed by atoms with Crippen LogP contribution in [0.2, 0.25) is 0 Å². The van der Waals surface area contributed by atoms with Gasteiger partial charge in [0.15, 0.2) is 11.4 Å². The molecule has 10 heteroatoms. The minimum absolute atomic E-state index is 0.00741. The summed E-state index contributed by atoms with van der Waals surface area (Å²) in [6, 6.07) is 30.8. The van der Waals surface area contributed by atoms with Crippen LogP contribution in [0.5, 0.6) is 0 Å². The molecular formula is C36H32N4O5S. The monoisotopic (exact) mass is 632 g/mol. The second-order valence-electron chi connectivity index (χ2n) is 11.4. The number of thioether (sulfide) groups is 1. The lowest BCUT2D eigenvalue weighted by molar-refractivity contribution is -0.245. The van der Waals surface area contributed by atoms with Crippen LogP contribution in [0.3, 0.4) is 0 Å². The smallest absolute Gasteiger partial charge is 0.261 e. The molecule has 3 heterocycles. The van der Waals surface area contributed by atoms with Crippen molar-refractivity contribution in [1.29, 1.82) is 0 Å². The minimum Gasteiger partial charge on any atom is -0.392 e. The van der Waals surface area contributed by atoms with Crippen molar-refractivity contribution in [2.45, 2.75) is 43.2 Å². The van der Waals surface area contributed by atoms with E-state index in [9.17, 15) is 14.7 Å². The number of nitrogens with zero attached hydrogens (tertiary/aromatic N) is 4. The van der Waals surface area contributed by atoms with E-state index < -0.39 is 6.29 Å². The van der Waals surface area contributed by atoms with Gasteiger partial charge in [0.2, 0.25) is 0 Å². The predicted molar refractivity (Wildman–Crippen MR) is 173 cm³/mol. The minimum atomic E-state index is -0.574. The lowest BCUT2D eigenvalue weighted by Crippen LogP contribution is -2.31. The fourth-order valence-electron chi connectivity index (χ4n) is 5.84. The van der Waals surface area contributed by atoms with Crippen LogP contribution in [-0.2, 0) is 29.7 Å². The van der Waals surface area contributed by atoms with Crippen LogP contribution in [0.15, 0.2) is 109 Å². The molecule has 3 unspecified atom stereocenters. The summed E-state index contributed by atoms with van der Waals surface area (Å²) in [6.07, 6.45) is 1.51. The molecular weight excluding hydrogens is 600 g/mol. The van der Waals surface area contributed by atoms with E-state index in [1.165, 1.54) is 4.90 Å². The number of carbonyl (C=O) groups is 2. The standard InChI is InChI=1S/C36H32N4O5S/c1-39-22-37-38-36(39)46-21-29-18-32(26-11-9-23(20-41)10-12-26)45-35(44-29)27-15-13-25(14-16-27)28-6-4-5-24(17-28)19-40-33(42)30-7-2-3-8-31(30)34(40)43/h2-17,22,29,32,35,41H,18-21H2,1H3. The molecule has 2 amide bonds. The average Bonchev–Trinajstić information content (AvgIpc) is 3.63. The molecule has 0 radical (unpaired) electrons. The van der Waals surface area contributed by atoms with Gasteiger partial charge in [0, 0.05) is 24.8 Å². The van der Waals surface area contributed by atoms with Crippen molar-refractivity contribution >= 4 is 23.6 Å². The number of aromatic nitrogens is 3. The third-order valence-electron chi connectivity index (χ3n) is 8.35. The van der Waals surface area contributed by atoms with E-state index in [1.807, 2.05) is 84.4 Å².